The van der Waals surface area contributed by atoms with Crippen LogP contribution in [0.15, 0.2) is 47.1 Å². The second kappa shape index (κ2) is 10.5. The fourth-order valence-electron chi connectivity index (χ4n) is 2.91. The van der Waals surface area contributed by atoms with Crippen LogP contribution >= 0.6 is 40.7 Å². The van der Waals surface area contributed by atoms with E-state index >= 15 is 0 Å². The first-order valence-corrected chi connectivity index (χ1v) is 8.63. The summed E-state index contributed by atoms with van der Waals surface area (Å²) in [6.45, 7) is 3.40. The van der Waals surface area contributed by atoms with E-state index in [0.29, 0.717) is 0 Å². The van der Waals surface area contributed by atoms with Crippen LogP contribution in [0.1, 0.15) is 17.3 Å². The molecular weight excluding hydrogens is 470 g/mol. The van der Waals surface area contributed by atoms with Crippen molar-refractivity contribution in [3.05, 3.63) is 58.3 Å². The van der Waals surface area contributed by atoms with Crippen LogP contribution < -0.4 is 10.1 Å². The van der Waals surface area contributed by atoms with Crippen molar-refractivity contribution >= 4 is 40.7 Å². The maximum atomic E-state index is 12.3. The number of nitrogens with one attached hydrogen (secondary N) is 1. The Morgan fingerprint density at radius 2 is 1.67 bits per heavy atom. The number of nitrogens with zero attached hydrogens (tertiary/aromatic N) is 2. The van der Waals surface area contributed by atoms with E-state index in [1.54, 1.807) is 18.3 Å². The summed E-state index contributed by atoms with van der Waals surface area (Å²) in [6, 6.07) is 9.74. The van der Waals surface area contributed by atoms with Gasteiger partial charge in [-0.3, -0.25) is 9.88 Å². The molecule has 10 heteroatoms. The highest BCUT2D eigenvalue weighted by molar-refractivity contribution is 9.10. The van der Waals surface area contributed by atoms with Crippen LogP contribution in [0, 0.1) is 0 Å². The van der Waals surface area contributed by atoms with Gasteiger partial charge in [-0.2, -0.15) is 0 Å². The molecule has 0 saturated carbocycles. The van der Waals surface area contributed by atoms with Crippen LogP contribution in [0.3, 0.4) is 0 Å². The van der Waals surface area contributed by atoms with Crippen molar-refractivity contribution in [1.29, 1.82) is 0 Å². The topological polar surface area (TPSA) is 37.4 Å². The van der Waals surface area contributed by atoms with E-state index in [9.17, 15) is 13.2 Å². The zero-order valence-electron chi connectivity index (χ0n) is 14.1. The van der Waals surface area contributed by atoms with Crippen LogP contribution in [0.5, 0.6) is 5.75 Å². The molecule has 2 heterocycles. The van der Waals surface area contributed by atoms with Crippen LogP contribution in [-0.4, -0.2) is 42.4 Å². The highest BCUT2D eigenvalue weighted by Gasteiger charge is 2.31. The smallest absolute Gasteiger partial charge is 0.406 e. The standard InChI is InChI=1S/C17H17BrF3N3O.2ClH/c18-13-3-6-15(23-11-13)16(24-9-7-22-8-10-24)12-1-4-14(5-2-12)25-17(19,20)21;;/h1-6,11,16,22H,7-10H2;2*1H/t16-;;/m1../s1. The van der Waals surface area contributed by atoms with Crippen LogP contribution in [0.4, 0.5) is 13.2 Å². The monoisotopic (exact) mass is 487 g/mol. The number of rotatable bonds is 4. The fourth-order valence-corrected chi connectivity index (χ4v) is 3.14. The minimum atomic E-state index is -4.69. The lowest BCUT2D eigenvalue weighted by Crippen LogP contribution is -2.45. The third-order valence-corrected chi connectivity index (χ3v) is 4.45. The molecule has 1 saturated heterocycles. The van der Waals surface area contributed by atoms with Crippen molar-refractivity contribution in [3.63, 3.8) is 0 Å². The van der Waals surface area contributed by atoms with Gasteiger partial charge in [-0.15, -0.1) is 38.0 Å². The number of halogens is 6. The minimum Gasteiger partial charge on any atom is -0.406 e. The Morgan fingerprint density at radius 3 is 2.19 bits per heavy atom. The predicted octanol–water partition coefficient (Wildman–Crippen LogP) is 4.58. The third-order valence-electron chi connectivity index (χ3n) is 3.98. The molecule has 1 aliphatic rings. The molecule has 1 N–H and O–H groups in total. The molecule has 0 amide bonds. The number of piperazine rings is 1. The first-order valence-electron chi connectivity index (χ1n) is 7.84. The van der Waals surface area contributed by atoms with Gasteiger partial charge in [0.2, 0.25) is 0 Å². The van der Waals surface area contributed by atoms with Gasteiger partial charge in [0.15, 0.2) is 0 Å². The summed E-state index contributed by atoms with van der Waals surface area (Å²) in [5.41, 5.74) is 1.74. The van der Waals surface area contributed by atoms with Crippen LogP contribution in [-0.2, 0) is 0 Å². The van der Waals surface area contributed by atoms with E-state index in [2.05, 4.69) is 35.9 Å². The quantitative estimate of drug-likeness (QED) is 0.683. The number of ether oxygens (including phenoxy) is 1. The third kappa shape index (κ3) is 6.80. The molecular formula is C17H19BrCl2F3N3O. The molecule has 2 aromatic rings. The maximum Gasteiger partial charge on any atom is 0.573 e. The Bertz CT molecular complexity index is 696. The van der Waals surface area contributed by atoms with Crippen LogP contribution in [0.2, 0.25) is 0 Å². The molecule has 0 radical (unpaired) electrons. The Hall–Kier alpha value is -1.06. The van der Waals surface area contributed by atoms with E-state index in [0.717, 1.165) is 41.9 Å². The summed E-state index contributed by atoms with van der Waals surface area (Å²) in [5, 5.41) is 3.30. The molecule has 3 rings (SSSR count). The molecule has 1 atom stereocenters. The number of aromatic nitrogens is 1. The molecule has 1 aromatic heterocycles. The SMILES string of the molecule is Cl.Cl.FC(F)(F)Oc1ccc([C@H](c2ccc(Br)cn2)N2CCNCC2)cc1. The number of alkyl halides is 3. The average Bonchev–Trinajstić information content (AvgIpc) is 2.58. The lowest BCUT2D eigenvalue weighted by atomic mass is 10.0. The van der Waals surface area contributed by atoms with Gasteiger partial charge in [0.05, 0.1) is 11.7 Å². The Balaban J connectivity index is 0.00000182. The molecule has 0 spiro atoms. The number of hydrogen-bond acceptors (Lipinski definition) is 4. The largest absolute Gasteiger partial charge is 0.573 e. The average molecular weight is 489 g/mol. The molecule has 0 unspecified atom stereocenters. The summed E-state index contributed by atoms with van der Waals surface area (Å²) in [4.78, 5) is 6.76. The number of pyridine rings is 1. The van der Waals surface area contributed by atoms with Gasteiger partial charge >= 0.3 is 6.36 Å². The maximum absolute atomic E-state index is 12.3. The Morgan fingerprint density at radius 1 is 1.04 bits per heavy atom. The molecule has 1 aliphatic heterocycles. The van der Waals surface area contributed by atoms with E-state index in [4.69, 9.17) is 0 Å². The molecule has 150 valence electrons. The highest BCUT2D eigenvalue weighted by atomic mass is 79.9. The zero-order chi connectivity index (χ0) is 17.9. The molecule has 4 nitrogen and oxygen atoms in total. The van der Waals surface area contributed by atoms with Crippen molar-refractivity contribution in [1.82, 2.24) is 15.2 Å². The number of hydrogen-bond donors (Lipinski definition) is 1. The van der Waals surface area contributed by atoms with Gasteiger partial charge in [-0.25, -0.2) is 0 Å². The van der Waals surface area contributed by atoms with Crippen molar-refractivity contribution in [2.45, 2.75) is 12.4 Å². The van der Waals surface area contributed by atoms with Crippen molar-refractivity contribution in [3.8, 4) is 5.75 Å². The molecule has 0 bridgehead atoms. The second-order valence-corrected chi connectivity index (χ2v) is 6.62. The van der Waals surface area contributed by atoms with Gasteiger partial charge in [0.1, 0.15) is 5.75 Å². The van der Waals surface area contributed by atoms with Gasteiger partial charge in [-0.1, -0.05) is 12.1 Å². The summed E-state index contributed by atoms with van der Waals surface area (Å²) in [7, 11) is 0. The first kappa shape index (κ1) is 24.0. The fraction of sp³-hybridized carbons (Fsp3) is 0.353. The van der Waals surface area contributed by atoms with Gasteiger partial charge in [-0.05, 0) is 45.8 Å². The second-order valence-electron chi connectivity index (χ2n) is 5.71. The molecule has 27 heavy (non-hydrogen) atoms. The number of benzene rings is 1. The minimum absolute atomic E-state index is 0. The summed E-state index contributed by atoms with van der Waals surface area (Å²) in [6.07, 6.45) is -2.96. The lowest BCUT2D eigenvalue weighted by molar-refractivity contribution is -0.274. The molecule has 1 aromatic carbocycles. The summed E-state index contributed by atoms with van der Waals surface area (Å²) >= 11 is 3.38. The summed E-state index contributed by atoms with van der Waals surface area (Å²) in [5.74, 6) is -0.223. The van der Waals surface area contributed by atoms with E-state index in [-0.39, 0.29) is 36.6 Å². The Labute approximate surface area is 176 Å². The highest BCUT2D eigenvalue weighted by Crippen LogP contribution is 2.31. The Kier molecular flexibility index (Phi) is 9.30. The lowest BCUT2D eigenvalue weighted by Gasteiger charge is -2.35. The zero-order valence-corrected chi connectivity index (χ0v) is 17.3. The first-order chi connectivity index (χ1) is 11.9. The van der Waals surface area contributed by atoms with E-state index in [1.165, 1.54) is 12.1 Å². The van der Waals surface area contributed by atoms with E-state index in [1.807, 2.05) is 12.1 Å². The van der Waals surface area contributed by atoms with Gasteiger partial charge in [0.25, 0.3) is 0 Å². The van der Waals surface area contributed by atoms with Crippen molar-refractivity contribution < 1.29 is 17.9 Å². The van der Waals surface area contributed by atoms with Crippen molar-refractivity contribution in [2.24, 2.45) is 0 Å². The van der Waals surface area contributed by atoms with Gasteiger partial charge in [0, 0.05) is 36.8 Å². The van der Waals surface area contributed by atoms with Gasteiger partial charge < -0.3 is 10.1 Å². The molecule has 1 fully saturated rings. The molecule has 0 aliphatic carbocycles. The normalized spacial score (nSPS) is 16.0. The van der Waals surface area contributed by atoms with E-state index < -0.39 is 6.36 Å². The van der Waals surface area contributed by atoms with Crippen LogP contribution in [0.25, 0.3) is 0 Å². The predicted molar refractivity (Wildman–Crippen MR) is 106 cm³/mol. The van der Waals surface area contributed by atoms with Crippen molar-refractivity contribution in [2.75, 3.05) is 26.2 Å². The summed E-state index contributed by atoms with van der Waals surface area (Å²) < 4.78 is 41.9.